The number of rotatable bonds is 2. The molecular weight excluding hydrogens is 228 g/mol. The van der Waals surface area contributed by atoms with Crippen molar-refractivity contribution < 1.29 is 4.79 Å². The molecule has 0 heterocycles. The van der Waals surface area contributed by atoms with E-state index in [1.165, 1.54) is 0 Å². The zero-order valence-corrected chi connectivity index (χ0v) is 10.1. The average Bonchev–Trinajstić information content (AvgIpc) is 2.84. The highest BCUT2D eigenvalue weighted by Gasteiger charge is 2.17. The smallest absolute Gasteiger partial charge is 0.319 e. The van der Waals surface area contributed by atoms with Crippen molar-refractivity contribution in [1.29, 1.82) is 5.26 Å². The first kappa shape index (κ1) is 12.2. The van der Waals surface area contributed by atoms with Gasteiger partial charge >= 0.3 is 6.03 Å². The highest BCUT2D eigenvalue weighted by Crippen LogP contribution is 2.19. The van der Waals surface area contributed by atoms with Crippen LogP contribution in [0.3, 0.4) is 0 Å². The van der Waals surface area contributed by atoms with Gasteiger partial charge < -0.3 is 16.4 Å². The summed E-state index contributed by atoms with van der Waals surface area (Å²) in [5.74, 6) is 0. The number of amides is 2. The molecule has 0 atom stereocenters. The van der Waals surface area contributed by atoms with Gasteiger partial charge in [0, 0.05) is 11.7 Å². The first-order valence-electron chi connectivity index (χ1n) is 6.06. The third-order valence-corrected chi connectivity index (χ3v) is 3.10. The van der Waals surface area contributed by atoms with Gasteiger partial charge in [-0.3, -0.25) is 0 Å². The number of anilines is 2. The molecular formula is C13H16N4O. The molecule has 1 fully saturated rings. The van der Waals surface area contributed by atoms with Crippen molar-refractivity contribution in [2.75, 3.05) is 11.1 Å². The number of hydrogen-bond donors (Lipinski definition) is 3. The lowest BCUT2D eigenvalue weighted by Crippen LogP contribution is -2.36. The van der Waals surface area contributed by atoms with Crippen LogP contribution >= 0.6 is 0 Å². The van der Waals surface area contributed by atoms with Crippen LogP contribution in [-0.4, -0.2) is 12.1 Å². The lowest BCUT2D eigenvalue weighted by atomic mass is 10.2. The van der Waals surface area contributed by atoms with Crippen molar-refractivity contribution in [3.8, 4) is 6.07 Å². The van der Waals surface area contributed by atoms with E-state index in [1.54, 1.807) is 18.2 Å². The Morgan fingerprint density at radius 1 is 1.39 bits per heavy atom. The van der Waals surface area contributed by atoms with Crippen LogP contribution in [0.15, 0.2) is 18.2 Å². The van der Waals surface area contributed by atoms with E-state index in [9.17, 15) is 4.79 Å². The number of nitrogen functional groups attached to an aromatic ring is 1. The summed E-state index contributed by atoms with van der Waals surface area (Å²) in [5.41, 5.74) is 6.95. The molecule has 0 saturated heterocycles. The summed E-state index contributed by atoms with van der Waals surface area (Å²) >= 11 is 0. The minimum absolute atomic E-state index is 0.254. The van der Waals surface area contributed by atoms with Gasteiger partial charge in [-0.25, -0.2) is 4.79 Å². The highest BCUT2D eigenvalue weighted by atomic mass is 16.2. The summed E-state index contributed by atoms with van der Waals surface area (Å²) < 4.78 is 0. The maximum atomic E-state index is 11.8. The summed E-state index contributed by atoms with van der Waals surface area (Å²) in [7, 11) is 0. The summed E-state index contributed by atoms with van der Waals surface area (Å²) in [5, 5.41) is 14.6. The molecule has 4 N–H and O–H groups in total. The number of urea groups is 1. The highest BCUT2D eigenvalue weighted by molar-refractivity contribution is 5.91. The van der Waals surface area contributed by atoms with Gasteiger partial charge in [-0.15, -0.1) is 0 Å². The monoisotopic (exact) mass is 244 g/mol. The molecule has 1 aliphatic carbocycles. The van der Waals surface area contributed by atoms with Crippen LogP contribution in [0.4, 0.5) is 16.2 Å². The molecule has 0 spiro atoms. The summed E-state index contributed by atoms with van der Waals surface area (Å²) in [6.45, 7) is 0. The van der Waals surface area contributed by atoms with Crippen molar-refractivity contribution in [1.82, 2.24) is 5.32 Å². The van der Waals surface area contributed by atoms with Crippen LogP contribution in [-0.2, 0) is 0 Å². The van der Waals surface area contributed by atoms with Crippen LogP contribution < -0.4 is 16.4 Å². The zero-order chi connectivity index (χ0) is 13.0. The quantitative estimate of drug-likeness (QED) is 0.696. The van der Waals surface area contributed by atoms with Crippen molar-refractivity contribution in [2.24, 2.45) is 0 Å². The van der Waals surface area contributed by atoms with Crippen molar-refractivity contribution in [2.45, 2.75) is 31.7 Å². The zero-order valence-electron chi connectivity index (χ0n) is 10.1. The van der Waals surface area contributed by atoms with Crippen molar-refractivity contribution >= 4 is 17.4 Å². The number of carbonyl (C=O) groups excluding carboxylic acids is 1. The van der Waals surface area contributed by atoms with E-state index in [-0.39, 0.29) is 12.1 Å². The Morgan fingerprint density at radius 2 is 2.11 bits per heavy atom. The van der Waals surface area contributed by atoms with Gasteiger partial charge in [0.05, 0.1) is 11.3 Å². The van der Waals surface area contributed by atoms with E-state index < -0.39 is 0 Å². The van der Waals surface area contributed by atoms with Crippen molar-refractivity contribution in [3.05, 3.63) is 23.8 Å². The van der Waals surface area contributed by atoms with Gasteiger partial charge in [0.15, 0.2) is 0 Å². The van der Waals surface area contributed by atoms with Crippen LogP contribution in [0.1, 0.15) is 31.2 Å². The Kier molecular flexibility index (Phi) is 3.68. The Morgan fingerprint density at radius 3 is 2.78 bits per heavy atom. The number of nitrogens with zero attached hydrogens (tertiary/aromatic N) is 1. The van der Waals surface area contributed by atoms with E-state index in [2.05, 4.69) is 10.6 Å². The Hall–Kier alpha value is -2.22. The number of hydrogen-bond acceptors (Lipinski definition) is 3. The molecule has 18 heavy (non-hydrogen) atoms. The van der Waals surface area contributed by atoms with Crippen LogP contribution in [0.2, 0.25) is 0 Å². The SMILES string of the molecule is N#Cc1cc(N)ccc1NC(=O)NC1CCCC1. The van der Waals surface area contributed by atoms with Gasteiger partial charge in [0.25, 0.3) is 0 Å². The maximum Gasteiger partial charge on any atom is 0.319 e. The Bertz CT molecular complexity index is 486. The molecule has 2 rings (SSSR count). The van der Waals surface area contributed by atoms with E-state index >= 15 is 0 Å². The number of benzene rings is 1. The van der Waals surface area contributed by atoms with Crippen LogP contribution in [0.5, 0.6) is 0 Å². The fourth-order valence-corrected chi connectivity index (χ4v) is 2.18. The first-order valence-corrected chi connectivity index (χ1v) is 6.06. The molecule has 5 nitrogen and oxygen atoms in total. The number of nitrogens with two attached hydrogens (primary N) is 1. The molecule has 0 aromatic heterocycles. The Labute approximate surface area is 106 Å². The Balaban J connectivity index is 2.00. The molecule has 0 unspecified atom stereocenters. The largest absolute Gasteiger partial charge is 0.399 e. The third kappa shape index (κ3) is 2.92. The number of nitriles is 1. The van der Waals surface area contributed by atoms with Crippen LogP contribution in [0, 0.1) is 11.3 Å². The predicted octanol–water partition coefficient (Wildman–Crippen LogP) is 2.20. The van der Waals surface area contributed by atoms with Gasteiger partial charge in [0.2, 0.25) is 0 Å². The summed E-state index contributed by atoms with van der Waals surface area (Å²) in [6, 6.07) is 6.85. The number of carbonyl (C=O) groups is 1. The summed E-state index contributed by atoms with van der Waals surface area (Å²) in [6.07, 6.45) is 4.38. The maximum absolute atomic E-state index is 11.8. The molecule has 0 radical (unpaired) electrons. The standard InChI is InChI=1S/C13H16N4O/c14-8-9-7-10(15)5-6-12(9)17-13(18)16-11-3-1-2-4-11/h5-7,11H,1-4,15H2,(H2,16,17,18). The second-order valence-corrected chi connectivity index (χ2v) is 4.50. The second-order valence-electron chi connectivity index (χ2n) is 4.50. The van der Waals surface area contributed by atoms with Gasteiger partial charge in [-0.05, 0) is 31.0 Å². The van der Waals surface area contributed by atoms with E-state index in [0.717, 1.165) is 25.7 Å². The van der Waals surface area contributed by atoms with E-state index in [1.807, 2.05) is 6.07 Å². The van der Waals surface area contributed by atoms with Gasteiger partial charge in [0.1, 0.15) is 6.07 Å². The molecule has 1 aliphatic rings. The first-order chi connectivity index (χ1) is 8.69. The molecule has 1 aromatic rings. The lowest BCUT2D eigenvalue weighted by Gasteiger charge is -2.13. The minimum Gasteiger partial charge on any atom is -0.399 e. The fourth-order valence-electron chi connectivity index (χ4n) is 2.18. The average molecular weight is 244 g/mol. The third-order valence-electron chi connectivity index (χ3n) is 3.10. The molecule has 5 heteroatoms. The minimum atomic E-state index is -0.261. The van der Waals surface area contributed by atoms with E-state index in [4.69, 9.17) is 11.0 Å². The van der Waals surface area contributed by atoms with Gasteiger partial charge in [-0.2, -0.15) is 5.26 Å². The second kappa shape index (κ2) is 5.41. The van der Waals surface area contributed by atoms with Crippen molar-refractivity contribution in [3.63, 3.8) is 0 Å². The molecule has 0 bridgehead atoms. The fraction of sp³-hybridized carbons (Fsp3) is 0.385. The molecule has 1 saturated carbocycles. The molecule has 94 valence electrons. The molecule has 2 amide bonds. The van der Waals surface area contributed by atoms with Gasteiger partial charge in [-0.1, -0.05) is 12.8 Å². The molecule has 0 aliphatic heterocycles. The predicted molar refractivity (Wildman–Crippen MR) is 70.0 cm³/mol. The lowest BCUT2D eigenvalue weighted by molar-refractivity contribution is 0.248. The normalized spacial score (nSPS) is 15.1. The molecule has 1 aromatic carbocycles. The number of nitrogens with one attached hydrogen (secondary N) is 2. The van der Waals surface area contributed by atoms with Crippen LogP contribution in [0.25, 0.3) is 0 Å². The topological polar surface area (TPSA) is 90.9 Å². The van der Waals surface area contributed by atoms with E-state index in [0.29, 0.717) is 16.9 Å². The summed E-state index contributed by atoms with van der Waals surface area (Å²) in [4.78, 5) is 11.8.